The van der Waals surface area contributed by atoms with Crippen LogP contribution in [-0.4, -0.2) is 16.0 Å². The number of hydrogen-bond acceptors (Lipinski definition) is 4. The standard InChI is InChI=1S/C25H15BrIN3O2S/c26-20-9-7-17(27)12-19(20)24-29-21-13-18(8-10-22(21)32-24)28-25(33)30-23(31)16-6-5-14-3-1-2-4-15(14)11-16/h1-13H,(H2,28,30,31,33). The Morgan fingerprint density at radius 3 is 2.64 bits per heavy atom. The maximum Gasteiger partial charge on any atom is 0.257 e. The summed E-state index contributed by atoms with van der Waals surface area (Å²) in [7, 11) is 0. The number of halogens is 2. The highest BCUT2D eigenvalue weighted by molar-refractivity contribution is 14.1. The van der Waals surface area contributed by atoms with Gasteiger partial charge in [-0.3, -0.25) is 10.1 Å². The van der Waals surface area contributed by atoms with Crippen LogP contribution < -0.4 is 10.6 Å². The Hall–Kier alpha value is -2.82. The zero-order valence-electron chi connectivity index (χ0n) is 16.9. The monoisotopic (exact) mass is 627 g/mol. The minimum Gasteiger partial charge on any atom is -0.436 e. The number of thiocarbonyl (C=S) groups is 1. The third-order valence-electron chi connectivity index (χ3n) is 5.04. The molecule has 5 rings (SSSR count). The lowest BCUT2D eigenvalue weighted by atomic mass is 10.1. The normalized spacial score (nSPS) is 11.0. The molecule has 5 nitrogen and oxygen atoms in total. The molecule has 8 heteroatoms. The van der Waals surface area contributed by atoms with Crippen LogP contribution >= 0.6 is 50.7 Å². The van der Waals surface area contributed by atoms with E-state index in [9.17, 15) is 4.79 Å². The van der Waals surface area contributed by atoms with E-state index in [4.69, 9.17) is 16.6 Å². The maximum absolute atomic E-state index is 12.6. The van der Waals surface area contributed by atoms with Gasteiger partial charge in [-0.2, -0.15) is 0 Å². The molecule has 0 saturated carbocycles. The van der Waals surface area contributed by atoms with Gasteiger partial charge in [-0.25, -0.2) is 4.98 Å². The molecule has 0 spiro atoms. The van der Waals surface area contributed by atoms with E-state index in [2.05, 4.69) is 54.1 Å². The van der Waals surface area contributed by atoms with Crippen molar-refractivity contribution in [2.45, 2.75) is 0 Å². The van der Waals surface area contributed by atoms with Crippen LogP contribution in [0.1, 0.15) is 10.4 Å². The Kier molecular flexibility index (Phi) is 6.13. The number of rotatable bonds is 3. The Morgan fingerprint density at radius 1 is 0.970 bits per heavy atom. The zero-order chi connectivity index (χ0) is 22.9. The lowest BCUT2D eigenvalue weighted by Crippen LogP contribution is -2.34. The molecule has 0 aliphatic heterocycles. The van der Waals surface area contributed by atoms with Gasteiger partial charge in [0.25, 0.3) is 5.91 Å². The van der Waals surface area contributed by atoms with Gasteiger partial charge in [0.05, 0.1) is 5.56 Å². The van der Waals surface area contributed by atoms with Gasteiger partial charge in [-0.1, -0.05) is 30.3 Å². The SMILES string of the molecule is O=C(NC(=S)Nc1ccc2oc(-c3cc(I)ccc3Br)nc2c1)c1ccc2ccccc2c1. The van der Waals surface area contributed by atoms with Gasteiger partial charge in [0.2, 0.25) is 5.89 Å². The molecular formula is C25H15BrIN3O2S. The summed E-state index contributed by atoms with van der Waals surface area (Å²) < 4.78 is 7.93. The second-order valence-corrected chi connectivity index (χ2v) is 9.80. The largest absolute Gasteiger partial charge is 0.436 e. The number of benzene rings is 4. The lowest BCUT2D eigenvalue weighted by Gasteiger charge is -2.10. The maximum atomic E-state index is 12.6. The first-order chi connectivity index (χ1) is 16.0. The van der Waals surface area contributed by atoms with Crippen molar-refractivity contribution in [2.75, 3.05) is 5.32 Å². The number of anilines is 1. The Balaban J connectivity index is 1.32. The number of hydrogen-bond donors (Lipinski definition) is 2. The van der Waals surface area contributed by atoms with E-state index in [0.29, 0.717) is 28.2 Å². The highest BCUT2D eigenvalue weighted by Crippen LogP contribution is 2.32. The predicted molar refractivity (Wildman–Crippen MR) is 147 cm³/mol. The van der Waals surface area contributed by atoms with Crippen molar-refractivity contribution in [1.82, 2.24) is 10.3 Å². The molecule has 2 N–H and O–H groups in total. The van der Waals surface area contributed by atoms with E-state index >= 15 is 0 Å². The summed E-state index contributed by atoms with van der Waals surface area (Å²) in [5, 5.41) is 8.06. The molecule has 0 atom stereocenters. The van der Waals surface area contributed by atoms with Crippen molar-refractivity contribution in [3.8, 4) is 11.5 Å². The summed E-state index contributed by atoms with van der Waals surface area (Å²) in [6, 6.07) is 24.9. The summed E-state index contributed by atoms with van der Waals surface area (Å²) >= 11 is 11.2. The fourth-order valence-corrected chi connectivity index (χ4v) is 4.57. The van der Waals surface area contributed by atoms with Crippen LogP contribution in [0.3, 0.4) is 0 Å². The highest BCUT2D eigenvalue weighted by atomic mass is 127. The molecule has 1 aromatic heterocycles. The number of aromatic nitrogens is 1. The Bertz CT molecular complexity index is 1550. The summed E-state index contributed by atoms with van der Waals surface area (Å²) in [5.74, 6) is 0.256. The molecule has 0 aliphatic rings. The third kappa shape index (κ3) is 4.78. The Labute approximate surface area is 216 Å². The van der Waals surface area contributed by atoms with Crippen molar-refractivity contribution < 1.29 is 9.21 Å². The number of amides is 1. The molecule has 1 heterocycles. The number of nitrogens with one attached hydrogen (secondary N) is 2. The van der Waals surface area contributed by atoms with Crippen molar-refractivity contribution in [2.24, 2.45) is 0 Å². The van der Waals surface area contributed by atoms with E-state index in [1.807, 2.05) is 72.8 Å². The van der Waals surface area contributed by atoms with Crippen molar-refractivity contribution in [3.63, 3.8) is 0 Å². The molecular weight excluding hydrogens is 613 g/mol. The van der Waals surface area contributed by atoms with Crippen molar-refractivity contribution in [3.05, 3.63) is 92.5 Å². The van der Waals surface area contributed by atoms with Gasteiger partial charge in [-0.15, -0.1) is 0 Å². The molecule has 0 bridgehead atoms. The van der Waals surface area contributed by atoms with Gasteiger partial charge in [0.15, 0.2) is 10.7 Å². The molecule has 162 valence electrons. The number of oxazole rings is 1. The predicted octanol–water partition coefficient (Wildman–Crippen LogP) is 7.14. The smallest absolute Gasteiger partial charge is 0.257 e. The van der Waals surface area contributed by atoms with Gasteiger partial charge >= 0.3 is 0 Å². The van der Waals surface area contributed by atoms with Crippen LogP contribution in [-0.2, 0) is 0 Å². The van der Waals surface area contributed by atoms with Crippen LogP contribution in [0.4, 0.5) is 5.69 Å². The molecule has 0 saturated heterocycles. The first-order valence-electron chi connectivity index (χ1n) is 9.93. The highest BCUT2D eigenvalue weighted by Gasteiger charge is 2.13. The quantitative estimate of drug-likeness (QED) is 0.164. The van der Waals surface area contributed by atoms with Gasteiger partial charge in [0.1, 0.15) is 5.52 Å². The molecule has 0 aliphatic carbocycles. The molecule has 1 amide bonds. The molecule has 0 radical (unpaired) electrons. The van der Waals surface area contributed by atoms with Crippen LogP contribution in [0.5, 0.6) is 0 Å². The van der Waals surface area contributed by atoms with Crippen molar-refractivity contribution in [1.29, 1.82) is 0 Å². The number of carbonyl (C=O) groups excluding carboxylic acids is 1. The summed E-state index contributed by atoms with van der Waals surface area (Å²) in [5.41, 5.74) is 3.47. The van der Waals surface area contributed by atoms with Gasteiger partial charge in [-0.05, 0) is 110 Å². The Morgan fingerprint density at radius 2 is 1.79 bits per heavy atom. The minimum absolute atomic E-state index is 0.205. The van der Waals surface area contributed by atoms with Crippen LogP contribution in [0.2, 0.25) is 0 Å². The van der Waals surface area contributed by atoms with E-state index in [-0.39, 0.29) is 11.0 Å². The minimum atomic E-state index is -0.272. The third-order valence-corrected chi connectivity index (χ3v) is 6.61. The van der Waals surface area contributed by atoms with Crippen LogP contribution in [0.25, 0.3) is 33.3 Å². The average Bonchev–Trinajstić information content (AvgIpc) is 3.23. The summed E-state index contributed by atoms with van der Waals surface area (Å²) in [4.78, 5) is 17.3. The van der Waals surface area contributed by atoms with Gasteiger partial charge in [0, 0.05) is 19.3 Å². The fourth-order valence-electron chi connectivity index (χ4n) is 3.45. The molecule has 5 aromatic rings. The van der Waals surface area contributed by atoms with E-state index in [1.165, 1.54) is 0 Å². The summed E-state index contributed by atoms with van der Waals surface area (Å²) in [6.45, 7) is 0. The lowest BCUT2D eigenvalue weighted by molar-refractivity contribution is 0.0978. The van der Waals surface area contributed by atoms with E-state index < -0.39 is 0 Å². The second-order valence-electron chi connectivity index (χ2n) is 7.30. The van der Waals surface area contributed by atoms with E-state index in [0.717, 1.165) is 24.4 Å². The zero-order valence-corrected chi connectivity index (χ0v) is 21.5. The fraction of sp³-hybridized carbons (Fsp3) is 0. The molecule has 0 unspecified atom stereocenters. The molecule has 33 heavy (non-hydrogen) atoms. The van der Waals surface area contributed by atoms with Gasteiger partial charge < -0.3 is 9.73 Å². The van der Waals surface area contributed by atoms with Crippen LogP contribution in [0.15, 0.2) is 87.8 Å². The first-order valence-corrected chi connectivity index (χ1v) is 12.2. The number of nitrogens with zero attached hydrogens (tertiary/aromatic N) is 1. The molecule has 4 aromatic carbocycles. The van der Waals surface area contributed by atoms with E-state index in [1.54, 1.807) is 6.07 Å². The summed E-state index contributed by atoms with van der Waals surface area (Å²) in [6.07, 6.45) is 0. The topological polar surface area (TPSA) is 67.2 Å². The van der Waals surface area contributed by atoms with Crippen molar-refractivity contribution >= 4 is 89.3 Å². The average molecular weight is 628 g/mol. The van der Waals surface area contributed by atoms with Crippen LogP contribution in [0, 0.1) is 3.57 Å². The molecule has 0 fully saturated rings. The second kappa shape index (κ2) is 9.20. The number of fused-ring (bicyclic) bond motifs is 2. The first kappa shape index (κ1) is 22.0. The number of carbonyl (C=O) groups is 1.